The minimum absolute atomic E-state index is 0.0749. The van der Waals surface area contributed by atoms with Gasteiger partial charge in [-0.3, -0.25) is 0 Å². The Kier molecular flexibility index (Phi) is 6.19. The smallest absolute Gasteiger partial charge is 0.250 e. The van der Waals surface area contributed by atoms with Crippen LogP contribution in [0.5, 0.6) is 11.5 Å². The first-order valence-corrected chi connectivity index (χ1v) is 14.9. The molecule has 0 atom stereocenters. The second-order valence-corrected chi connectivity index (χ2v) is 19.3. The average molecular weight is 387 g/mol. The van der Waals surface area contributed by atoms with Gasteiger partial charge in [-0.25, -0.2) is 0 Å². The molecule has 142 valence electrons. The van der Waals surface area contributed by atoms with E-state index in [1.165, 1.54) is 0 Å². The van der Waals surface area contributed by atoms with E-state index in [1.54, 1.807) is 0 Å². The lowest BCUT2D eigenvalue weighted by Gasteiger charge is -2.38. The molecule has 1 aromatic rings. The fourth-order valence-electron chi connectivity index (χ4n) is 1.81. The molecule has 1 aromatic carbocycles. The van der Waals surface area contributed by atoms with Crippen LogP contribution < -0.4 is 8.85 Å². The van der Waals surface area contributed by atoms with Crippen molar-refractivity contribution in [2.45, 2.75) is 77.8 Å². The van der Waals surface area contributed by atoms with Crippen LogP contribution in [0, 0.1) is 24.7 Å². The summed E-state index contributed by atoms with van der Waals surface area (Å²) >= 11 is 0. The summed E-state index contributed by atoms with van der Waals surface area (Å²) in [4.78, 5) is 0. The number of terminal acetylenes is 2. The largest absolute Gasteiger partial charge is 0.543 e. The first-order valence-electron chi connectivity index (χ1n) is 9.05. The quantitative estimate of drug-likeness (QED) is 0.439. The van der Waals surface area contributed by atoms with Crippen LogP contribution in [0.3, 0.4) is 0 Å². The first kappa shape index (κ1) is 22.4. The molecule has 0 heterocycles. The van der Waals surface area contributed by atoms with Crippen LogP contribution in [0.15, 0.2) is 12.1 Å². The highest BCUT2D eigenvalue weighted by atomic mass is 28.4. The van der Waals surface area contributed by atoms with Crippen molar-refractivity contribution in [3.05, 3.63) is 23.3 Å². The van der Waals surface area contributed by atoms with Crippen LogP contribution in [-0.4, -0.2) is 16.6 Å². The second kappa shape index (κ2) is 7.18. The molecule has 0 N–H and O–H groups in total. The third-order valence-electron chi connectivity index (χ3n) is 5.74. The van der Waals surface area contributed by atoms with Crippen molar-refractivity contribution in [3.63, 3.8) is 0 Å². The van der Waals surface area contributed by atoms with Crippen LogP contribution in [0.2, 0.25) is 36.3 Å². The average Bonchev–Trinajstić information content (AvgIpc) is 2.45. The Morgan fingerprint density at radius 2 is 0.962 bits per heavy atom. The molecule has 0 unspecified atom stereocenters. The van der Waals surface area contributed by atoms with E-state index in [9.17, 15) is 0 Å². The third-order valence-corrected chi connectivity index (χ3v) is 14.4. The predicted molar refractivity (Wildman–Crippen MR) is 118 cm³/mol. The molecule has 0 radical (unpaired) electrons. The van der Waals surface area contributed by atoms with Crippen molar-refractivity contribution in [3.8, 4) is 36.2 Å². The van der Waals surface area contributed by atoms with Gasteiger partial charge in [-0.15, -0.1) is 12.8 Å². The van der Waals surface area contributed by atoms with Crippen molar-refractivity contribution < 1.29 is 8.85 Å². The minimum atomic E-state index is -2.02. The van der Waals surface area contributed by atoms with Gasteiger partial charge in [0.15, 0.2) is 0 Å². The topological polar surface area (TPSA) is 18.5 Å². The summed E-state index contributed by atoms with van der Waals surface area (Å²) in [5.74, 6) is 6.88. The highest BCUT2D eigenvalue weighted by Crippen LogP contribution is 2.41. The molecule has 2 nitrogen and oxygen atoms in total. The molecule has 0 amide bonds. The van der Waals surface area contributed by atoms with Crippen LogP contribution in [0.25, 0.3) is 0 Å². The molecule has 0 aliphatic carbocycles. The highest BCUT2D eigenvalue weighted by Gasteiger charge is 2.41. The lowest BCUT2D eigenvalue weighted by molar-refractivity contribution is 0.480. The first-order chi connectivity index (χ1) is 11.6. The summed E-state index contributed by atoms with van der Waals surface area (Å²) in [5, 5.41) is 0.150. The van der Waals surface area contributed by atoms with Gasteiger partial charge in [-0.1, -0.05) is 53.4 Å². The summed E-state index contributed by atoms with van der Waals surface area (Å²) in [6.07, 6.45) is 11.6. The fourth-order valence-corrected chi connectivity index (χ4v) is 3.86. The summed E-state index contributed by atoms with van der Waals surface area (Å²) in [6, 6.07) is 3.75. The molecule has 0 spiro atoms. The normalized spacial score (nSPS) is 12.9. The van der Waals surface area contributed by atoms with E-state index in [4.69, 9.17) is 21.7 Å². The van der Waals surface area contributed by atoms with Gasteiger partial charge in [0.2, 0.25) is 0 Å². The van der Waals surface area contributed by atoms with E-state index in [2.05, 4.69) is 79.6 Å². The van der Waals surface area contributed by atoms with Crippen LogP contribution in [-0.2, 0) is 0 Å². The van der Waals surface area contributed by atoms with Crippen molar-refractivity contribution in [1.82, 2.24) is 0 Å². The van der Waals surface area contributed by atoms with Gasteiger partial charge in [-0.2, -0.15) is 0 Å². The van der Waals surface area contributed by atoms with Gasteiger partial charge >= 0.3 is 0 Å². The standard InChI is InChI=1S/C22H34O2Si2/c1-13-17-15-20(24-26(11,12)22(6,7)8)18(14-2)16-19(17)23-25(9,10)21(3,4)5/h1-2,15-16H,3-12H3. The van der Waals surface area contributed by atoms with E-state index in [0.717, 1.165) is 0 Å². The zero-order chi connectivity index (χ0) is 20.6. The van der Waals surface area contributed by atoms with E-state index in [-0.39, 0.29) is 10.1 Å². The van der Waals surface area contributed by atoms with E-state index in [1.807, 2.05) is 12.1 Å². The maximum atomic E-state index is 6.44. The molecular weight excluding hydrogens is 352 g/mol. The lowest BCUT2D eigenvalue weighted by Crippen LogP contribution is -2.44. The summed E-state index contributed by atoms with van der Waals surface area (Å²) in [5.41, 5.74) is 1.39. The molecular formula is C22H34O2Si2. The van der Waals surface area contributed by atoms with Crippen LogP contribution in [0.1, 0.15) is 52.7 Å². The molecule has 0 saturated heterocycles. The SMILES string of the molecule is C#Cc1cc(O[Si](C)(C)C(C)(C)C)c(C#C)cc1O[Si](C)(C)C(C)(C)C. The van der Waals surface area contributed by atoms with Gasteiger partial charge in [0.05, 0.1) is 11.1 Å². The van der Waals surface area contributed by atoms with Gasteiger partial charge in [0.25, 0.3) is 16.6 Å². The van der Waals surface area contributed by atoms with E-state index in [0.29, 0.717) is 22.6 Å². The molecule has 0 aliphatic rings. The Balaban J connectivity index is 3.42. The number of benzene rings is 1. The highest BCUT2D eigenvalue weighted by molar-refractivity contribution is 6.75. The molecule has 4 heteroatoms. The summed E-state index contributed by atoms with van der Waals surface area (Å²) in [7, 11) is -4.04. The Hall–Kier alpha value is -1.63. The Morgan fingerprint density at radius 1 is 0.692 bits per heavy atom. The Morgan fingerprint density at radius 3 is 1.15 bits per heavy atom. The fraction of sp³-hybridized carbons (Fsp3) is 0.545. The van der Waals surface area contributed by atoms with Gasteiger partial charge in [0, 0.05) is 0 Å². The zero-order valence-corrected chi connectivity index (χ0v) is 20.1. The van der Waals surface area contributed by atoms with Crippen molar-refractivity contribution in [1.29, 1.82) is 0 Å². The molecule has 0 aromatic heterocycles. The van der Waals surface area contributed by atoms with Gasteiger partial charge in [0.1, 0.15) is 11.5 Å². The minimum Gasteiger partial charge on any atom is -0.543 e. The van der Waals surface area contributed by atoms with Crippen molar-refractivity contribution >= 4 is 16.6 Å². The van der Waals surface area contributed by atoms with Crippen molar-refractivity contribution in [2.24, 2.45) is 0 Å². The monoisotopic (exact) mass is 386 g/mol. The number of rotatable bonds is 4. The molecule has 0 bridgehead atoms. The Labute approximate surface area is 163 Å². The number of hydrogen-bond donors (Lipinski definition) is 0. The third kappa shape index (κ3) is 4.75. The second-order valence-electron chi connectivity index (χ2n) is 9.86. The lowest BCUT2D eigenvalue weighted by atomic mass is 10.1. The Bertz CT molecular complexity index is 683. The van der Waals surface area contributed by atoms with Gasteiger partial charge < -0.3 is 8.85 Å². The summed E-state index contributed by atoms with van der Waals surface area (Å²) < 4.78 is 12.9. The maximum Gasteiger partial charge on any atom is 0.250 e. The number of hydrogen-bond acceptors (Lipinski definition) is 2. The van der Waals surface area contributed by atoms with E-state index >= 15 is 0 Å². The van der Waals surface area contributed by atoms with E-state index < -0.39 is 16.6 Å². The maximum absolute atomic E-state index is 6.44. The molecule has 0 fully saturated rings. The van der Waals surface area contributed by atoms with Crippen LogP contribution in [0.4, 0.5) is 0 Å². The predicted octanol–water partition coefficient (Wildman–Crippen LogP) is 6.42. The van der Waals surface area contributed by atoms with Crippen molar-refractivity contribution in [2.75, 3.05) is 0 Å². The molecule has 26 heavy (non-hydrogen) atoms. The van der Waals surface area contributed by atoms with Crippen LogP contribution >= 0.6 is 0 Å². The summed E-state index contributed by atoms with van der Waals surface area (Å²) in [6.45, 7) is 22.0. The molecule has 0 saturated carbocycles. The molecule has 0 aliphatic heterocycles. The van der Waals surface area contributed by atoms with Gasteiger partial charge in [-0.05, 0) is 48.4 Å². The molecule has 1 rings (SSSR count). The zero-order valence-electron chi connectivity index (χ0n) is 18.1.